The van der Waals surface area contributed by atoms with Gasteiger partial charge in [0.2, 0.25) is 5.91 Å². The topological polar surface area (TPSA) is 113 Å². The maximum Gasteiger partial charge on any atom is 0.326 e. The molecule has 7 nitrogen and oxygen atoms in total. The zero-order valence-electron chi connectivity index (χ0n) is 19.2. The van der Waals surface area contributed by atoms with Crippen LogP contribution in [0.25, 0.3) is 0 Å². The van der Waals surface area contributed by atoms with Gasteiger partial charge < -0.3 is 20.3 Å². The highest BCUT2D eigenvalue weighted by Gasteiger charge is 2.58. The summed E-state index contributed by atoms with van der Waals surface area (Å²) in [7, 11) is 0. The van der Waals surface area contributed by atoms with E-state index < -0.39 is 40.6 Å². The Morgan fingerprint density at radius 1 is 1.00 bits per heavy atom. The van der Waals surface area contributed by atoms with Crippen LogP contribution in [0.5, 0.6) is 5.75 Å². The molecule has 2 aromatic rings. The summed E-state index contributed by atoms with van der Waals surface area (Å²) in [5.74, 6) is -2.48. The molecule has 0 unspecified atom stereocenters. The second-order valence-electron chi connectivity index (χ2n) is 9.47. The van der Waals surface area contributed by atoms with Crippen LogP contribution in [0.4, 0.5) is 0 Å². The van der Waals surface area contributed by atoms with Crippen molar-refractivity contribution in [2.75, 3.05) is 0 Å². The second kappa shape index (κ2) is 9.65. The number of carbonyl (C=O) groups is 3. The van der Waals surface area contributed by atoms with Gasteiger partial charge in [0.1, 0.15) is 18.4 Å². The standard InChI is InChI=1S/C26H31NO6/c1-25(2)20(22(28)29)13-14-26(25,3)24(32)27-21(23(30)31)15-17-9-11-19(12-10-17)33-16-18-7-5-4-6-8-18/h4-12,20-21H,13-16H2,1-3H3,(H,27,32)(H,28,29)(H,30,31)/t20-,21+,26+/m1/s1. The second-order valence-corrected chi connectivity index (χ2v) is 9.47. The number of hydrogen-bond acceptors (Lipinski definition) is 4. The minimum absolute atomic E-state index is 0.110. The van der Waals surface area contributed by atoms with Crippen molar-refractivity contribution in [2.45, 2.75) is 52.7 Å². The molecule has 0 radical (unpaired) electrons. The van der Waals surface area contributed by atoms with Crippen LogP contribution >= 0.6 is 0 Å². The van der Waals surface area contributed by atoms with Gasteiger partial charge in [0.05, 0.1) is 11.3 Å². The third-order valence-electron chi connectivity index (χ3n) is 7.24. The molecule has 1 saturated carbocycles. The Labute approximate surface area is 193 Å². The first kappa shape index (κ1) is 24.3. The molecule has 1 aliphatic carbocycles. The van der Waals surface area contributed by atoms with Crippen LogP contribution in [-0.4, -0.2) is 34.1 Å². The zero-order valence-corrected chi connectivity index (χ0v) is 19.2. The molecule has 3 atom stereocenters. The Balaban J connectivity index is 1.64. The van der Waals surface area contributed by atoms with Crippen LogP contribution < -0.4 is 10.1 Å². The van der Waals surface area contributed by atoms with E-state index in [4.69, 9.17) is 4.74 Å². The molecule has 0 bridgehead atoms. The van der Waals surface area contributed by atoms with Crippen molar-refractivity contribution in [1.82, 2.24) is 5.32 Å². The lowest BCUT2D eigenvalue weighted by molar-refractivity contribution is -0.151. The summed E-state index contributed by atoms with van der Waals surface area (Å²) in [6.45, 7) is 5.69. The lowest BCUT2D eigenvalue weighted by atomic mass is 9.65. The highest BCUT2D eigenvalue weighted by Crippen LogP contribution is 2.56. The van der Waals surface area contributed by atoms with Crippen LogP contribution in [0.2, 0.25) is 0 Å². The van der Waals surface area contributed by atoms with E-state index in [1.807, 2.05) is 30.3 Å². The van der Waals surface area contributed by atoms with Crippen molar-refractivity contribution in [3.05, 3.63) is 65.7 Å². The van der Waals surface area contributed by atoms with E-state index in [2.05, 4.69) is 5.32 Å². The van der Waals surface area contributed by atoms with Crippen LogP contribution in [-0.2, 0) is 27.4 Å². The Bertz CT molecular complexity index is 1000. The first-order chi connectivity index (χ1) is 15.5. The molecule has 33 heavy (non-hydrogen) atoms. The lowest BCUT2D eigenvalue weighted by Crippen LogP contribution is -2.53. The van der Waals surface area contributed by atoms with Crippen LogP contribution in [0.1, 0.15) is 44.7 Å². The third-order valence-corrected chi connectivity index (χ3v) is 7.24. The number of ether oxygens (including phenoxy) is 1. The summed E-state index contributed by atoms with van der Waals surface area (Å²) in [5, 5.41) is 21.9. The predicted molar refractivity (Wildman–Crippen MR) is 123 cm³/mol. The number of carbonyl (C=O) groups excluding carboxylic acids is 1. The largest absolute Gasteiger partial charge is 0.489 e. The minimum atomic E-state index is -1.14. The van der Waals surface area contributed by atoms with Crippen molar-refractivity contribution in [3.63, 3.8) is 0 Å². The van der Waals surface area contributed by atoms with Gasteiger partial charge in [-0.3, -0.25) is 9.59 Å². The summed E-state index contributed by atoms with van der Waals surface area (Å²) in [4.78, 5) is 36.6. The number of rotatable bonds is 9. The average Bonchev–Trinajstić information content (AvgIpc) is 3.03. The summed E-state index contributed by atoms with van der Waals surface area (Å²) >= 11 is 0. The Morgan fingerprint density at radius 3 is 2.18 bits per heavy atom. The smallest absolute Gasteiger partial charge is 0.326 e. The maximum absolute atomic E-state index is 13.1. The fourth-order valence-corrected chi connectivity index (χ4v) is 4.55. The van der Waals surface area contributed by atoms with Gasteiger partial charge in [-0.1, -0.05) is 63.2 Å². The Hall–Kier alpha value is -3.35. The van der Waals surface area contributed by atoms with Gasteiger partial charge in [0.25, 0.3) is 0 Å². The molecular formula is C26H31NO6. The number of hydrogen-bond donors (Lipinski definition) is 3. The summed E-state index contributed by atoms with van der Waals surface area (Å²) in [6, 6.07) is 15.8. The molecule has 0 aliphatic heterocycles. The molecule has 3 rings (SSSR count). The monoisotopic (exact) mass is 453 g/mol. The molecule has 3 N–H and O–H groups in total. The highest BCUT2D eigenvalue weighted by molar-refractivity contribution is 5.89. The van der Waals surface area contributed by atoms with Gasteiger partial charge in [-0.15, -0.1) is 0 Å². The van der Waals surface area contributed by atoms with Crippen LogP contribution in [0.3, 0.4) is 0 Å². The van der Waals surface area contributed by atoms with Gasteiger partial charge in [-0.2, -0.15) is 0 Å². The first-order valence-corrected chi connectivity index (χ1v) is 11.1. The van der Waals surface area contributed by atoms with Crippen molar-refractivity contribution in [3.8, 4) is 5.75 Å². The Kier molecular flexibility index (Phi) is 7.10. The molecule has 2 aromatic carbocycles. The number of aliphatic carboxylic acids is 2. The molecule has 0 aromatic heterocycles. The minimum Gasteiger partial charge on any atom is -0.489 e. The van der Waals surface area contributed by atoms with Gasteiger partial charge >= 0.3 is 11.9 Å². The summed E-state index contributed by atoms with van der Waals surface area (Å²) in [6.07, 6.45) is 0.885. The molecule has 0 saturated heterocycles. The predicted octanol–water partition coefficient (Wildman–Crippen LogP) is 3.90. The van der Waals surface area contributed by atoms with Crippen LogP contribution in [0.15, 0.2) is 54.6 Å². The van der Waals surface area contributed by atoms with Crippen molar-refractivity contribution in [2.24, 2.45) is 16.7 Å². The van der Waals surface area contributed by atoms with E-state index in [0.717, 1.165) is 11.1 Å². The first-order valence-electron chi connectivity index (χ1n) is 11.1. The normalized spacial score (nSPS) is 22.3. The Morgan fingerprint density at radius 2 is 1.64 bits per heavy atom. The fourth-order valence-electron chi connectivity index (χ4n) is 4.55. The van der Waals surface area contributed by atoms with Gasteiger partial charge in [0, 0.05) is 6.42 Å². The molecule has 1 aliphatic rings. The van der Waals surface area contributed by atoms with E-state index in [9.17, 15) is 24.6 Å². The van der Waals surface area contributed by atoms with Crippen molar-refractivity contribution >= 4 is 17.8 Å². The maximum atomic E-state index is 13.1. The van der Waals surface area contributed by atoms with Crippen molar-refractivity contribution < 1.29 is 29.3 Å². The molecule has 0 heterocycles. The van der Waals surface area contributed by atoms with Gasteiger partial charge in [-0.05, 0) is 41.5 Å². The fraction of sp³-hybridized carbons (Fsp3) is 0.423. The van der Waals surface area contributed by atoms with Crippen molar-refractivity contribution in [1.29, 1.82) is 0 Å². The van der Waals surface area contributed by atoms with Gasteiger partial charge in [0.15, 0.2) is 0 Å². The molecule has 176 valence electrons. The van der Waals surface area contributed by atoms with E-state index >= 15 is 0 Å². The number of amides is 1. The third kappa shape index (κ3) is 5.18. The molecular weight excluding hydrogens is 422 g/mol. The molecule has 7 heteroatoms. The summed E-state index contributed by atoms with van der Waals surface area (Å²) < 4.78 is 5.76. The zero-order chi connectivity index (χ0) is 24.2. The SMILES string of the molecule is CC1(C)[C@@H](C(=O)O)CC[C@@]1(C)C(=O)N[C@@H](Cc1ccc(OCc2ccccc2)cc1)C(=O)O. The average molecular weight is 454 g/mol. The van der Waals surface area contributed by atoms with Gasteiger partial charge in [-0.25, -0.2) is 4.79 Å². The van der Waals surface area contributed by atoms with Crippen LogP contribution in [0, 0.1) is 16.7 Å². The van der Waals surface area contributed by atoms with E-state index in [-0.39, 0.29) is 6.42 Å². The van der Waals surface area contributed by atoms with E-state index in [1.54, 1.807) is 45.0 Å². The molecule has 1 amide bonds. The quantitative estimate of drug-likeness (QED) is 0.531. The number of carboxylic acid groups (broad SMARTS) is 2. The summed E-state index contributed by atoms with van der Waals surface area (Å²) in [5.41, 5.74) is 0.0143. The molecule has 0 spiro atoms. The number of carboxylic acids is 2. The van der Waals surface area contributed by atoms with E-state index in [1.165, 1.54) is 0 Å². The van der Waals surface area contributed by atoms with E-state index in [0.29, 0.717) is 25.2 Å². The highest BCUT2D eigenvalue weighted by atomic mass is 16.5. The molecule has 1 fully saturated rings. The lowest BCUT2D eigenvalue weighted by Gasteiger charge is -2.39. The number of benzene rings is 2. The number of nitrogens with one attached hydrogen (secondary N) is 1.